The zero-order valence-electron chi connectivity index (χ0n) is 5.15. The molecule has 0 radical (unpaired) electrons. The summed E-state index contributed by atoms with van der Waals surface area (Å²) in [6.07, 6.45) is 1.29. The second kappa shape index (κ2) is 2.57. The molecule has 0 aliphatic carbocycles. The average molecular weight is 142 g/mol. The quantitative estimate of drug-likeness (QED) is 0.420. The summed E-state index contributed by atoms with van der Waals surface area (Å²) in [5.41, 5.74) is 0.427. The van der Waals surface area contributed by atoms with Crippen molar-refractivity contribution in [2.45, 2.75) is 0 Å². The van der Waals surface area contributed by atoms with Gasteiger partial charge in [-0.2, -0.15) is 0 Å². The molecule has 0 saturated carbocycles. The van der Waals surface area contributed by atoms with Gasteiger partial charge >= 0.3 is 0 Å². The van der Waals surface area contributed by atoms with Gasteiger partial charge in [0.1, 0.15) is 6.54 Å². The first-order chi connectivity index (χ1) is 4.74. The molecule has 5 nitrogen and oxygen atoms in total. The van der Waals surface area contributed by atoms with E-state index in [0.29, 0.717) is 5.71 Å². The highest BCUT2D eigenvalue weighted by molar-refractivity contribution is 5.97. The minimum atomic E-state index is -0.494. The smallest absolute Gasteiger partial charge is 0.269 e. The first-order valence-corrected chi connectivity index (χ1v) is 2.73. The molecule has 1 aliphatic heterocycles. The number of nitrogens with zero attached hydrogens (tertiary/aromatic N) is 2. The van der Waals surface area contributed by atoms with E-state index in [9.17, 15) is 10.1 Å². The molecule has 0 bridgehead atoms. The van der Waals surface area contributed by atoms with Crippen LogP contribution in [-0.4, -0.2) is 28.9 Å². The fourth-order valence-corrected chi connectivity index (χ4v) is 0.672. The number of hydrogen-bond donors (Lipinski definition) is 1. The Balaban J connectivity index is 2.66. The summed E-state index contributed by atoms with van der Waals surface area (Å²) in [6, 6.07) is 0. The molecule has 0 unspecified atom stereocenters. The summed E-state index contributed by atoms with van der Waals surface area (Å²) in [7, 11) is 0. The lowest BCUT2D eigenvalue weighted by atomic mass is 10.3. The van der Waals surface area contributed by atoms with E-state index in [4.69, 9.17) is 5.11 Å². The predicted molar refractivity (Wildman–Crippen MR) is 34.5 cm³/mol. The second-order valence-corrected chi connectivity index (χ2v) is 1.86. The lowest BCUT2D eigenvalue weighted by molar-refractivity contribution is -0.424. The summed E-state index contributed by atoms with van der Waals surface area (Å²) < 4.78 is 0. The molecule has 0 saturated heterocycles. The summed E-state index contributed by atoms with van der Waals surface area (Å²) in [6.45, 7) is -0.139. The molecule has 1 aliphatic rings. The van der Waals surface area contributed by atoms with Gasteiger partial charge in [0.15, 0.2) is 0 Å². The predicted octanol–water partition coefficient (Wildman–Crippen LogP) is -0.406. The van der Waals surface area contributed by atoms with Crippen LogP contribution in [-0.2, 0) is 0 Å². The van der Waals surface area contributed by atoms with E-state index in [0.717, 1.165) is 0 Å². The van der Waals surface area contributed by atoms with Crippen molar-refractivity contribution in [2.24, 2.45) is 4.99 Å². The first-order valence-electron chi connectivity index (χ1n) is 2.73. The van der Waals surface area contributed by atoms with Gasteiger partial charge in [0.05, 0.1) is 17.2 Å². The molecular weight excluding hydrogens is 136 g/mol. The molecule has 0 atom stereocenters. The van der Waals surface area contributed by atoms with Gasteiger partial charge in [-0.15, -0.1) is 0 Å². The first kappa shape index (κ1) is 6.88. The highest BCUT2D eigenvalue weighted by Crippen LogP contribution is 2.04. The highest BCUT2D eigenvalue weighted by atomic mass is 16.6. The van der Waals surface area contributed by atoms with Crippen molar-refractivity contribution < 1.29 is 10.0 Å². The summed E-state index contributed by atoms with van der Waals surface area (Å²) in [5, 5.41) is 18.5. The van der Waals surface area contributed by atoms with Crippen LogP contribution < -0.4 is 0 Å². The molecule has 0 aromatic heterocycles. The Kier molecular flexibility index (Phi) is 1.77. The van der Waals surface area contributed by atoms with Crippen LogP contribution in [0.15, 0.2) is 16.8 Å². The van der Waals surface area contributed by atoms with Gasteiger partial charge in [0, 0.05) is 6.08 Å². The van der Waals surface area contributed by atoms with E-state index in [1.54, 1.807) is 0 Å². The molecule has 1 rings (SSSR count). The van der Waals surface area contributed by atoms with Crippen molar-refractivity contribution in [1.29, 1.82) is 0 Å². The zero-order chi connectivity index (χ0) is 7.56. The Labute approximate surface area is 56.8 Å². The molecule has 1 N–H and O–H groups in total. The number of aliphatic imine (C=N–C) groups is 1. The molecule has 10 heavy (non-hydrogen) atoms. The molecule has 0 aromatic carbocycles. The van der Waals surface area contributed by atoms with Crippen molar-refractivity contribution in [2.75, 3.05) is 13.2 Å². The molecular formula is C5H6N2O3. The van der Waals surface area contributed by atoms with Gasteiger partial charge in [0.25, 0.3) is 5.70 Å². The van der Waals surface area contributed by atoms with Gasteiger partial charge < -0.3 is 5.11 Å². The molecule has 0 fully saturated rings. The summed E-state index contributed by atoms with van der Waals surface area (Å²) >= 11 is 0. The van der Waals surface area contributed by atoms with Gasteiger partial charge in [-0.3, -0.25) is 15.1 Å². The molecule has 54 valence electrons. The number of rotatable bonds is 2. The zero-order valence-corrected chi connectivity index (χ0v) is 5.15. The minimum Gasteiger partial charge on any atom is -0.390 e. The Hall–Kier alpha value is -1.23. The molecule has 0 aromatic rings. The fraction of sp³-hybridized carbons (Fsp3) is 0.400. The Morgan fingerprint density at radius 1 is 1.90 bits per heavy atom. The van der Waals surface area contributed by atoms with E-state index in [-0.39, 0.29) is 18.8 Å². The minimum absolute atomic E-state index is 0.0454. The van der Waals surface area contributed by atoms with Crippen molar-refractivity contribution in [3.05, 3.63) is 21.9 Å². The van der Waals surface area contributed by atoms with Gasteiger partial charge in [-0.1, -0.05) is 0 Å². The van der Waals surface area contributed by atoms with Crippen LogP contribution in [0.25, 0.3) is 0 Å². The topological polar surface area (TPSA) is 75.7 Å². The van der Waals surface area contributed by atoms with Gasteiger partial charge in [-0.05, 0) is 0 Å². The maximum atomic E-state index is 10.0. The van der Waals surface area contributed by atoms with Crippen LogP contribution in [0.1, 0.15) is 0 Å². The average Bonchev–Trinajstić information content (AvgIpc) is 2.34. The Morgan fingerprint density at radius 2 is 2.60 bits per heavy atom. The SMILES string of the molecule is O=[N+]([O-])C1=CC(CO)=NC1. The van der Waals surface area contributed by atoms with Crippen molar-refractivity contribution in [3.8, 4) is 0 Å². The van der Waals surface area contributed by atoms with Crippen LogP contribution in [0.5, 0.6) is 0 Å². The third kappa shape index (κ3) is 1.19. The summed E-state index contributed by atoms with van der Waals surface area (Å²) in [5.74, 6) is 0. The number of aliphatic hydroxyl groups excluding tert-OH is 1. The second-order valence-electron chi connectivity index (χ2n) is 1.86. The molecule has 1 heterocycles. The van der Waals surface area contributed by atoms with Crippen molar-refractivity contribution in [3.63, 3.8) is 0 Å². The standard InChI is InChI=1S/C5H6N2O3/c8-3-4-1-5(2-6-4)7(9)10/h1,8H,2-3H2. The largest absolute Gasteiger partial charge is 0.390 e. The third-order valence-corrected chi connectivity index (χ3v) is 1.17. The van der Waals surface area contributed by atoms with Crippen molar-refractivity contribution >= 4 is 5.71 Å². The van der Waals surface area contributed by atoms with Crippen LogP contribution in [0.2, 0.25) is 0 Å². The van der Waals surface area contributed by atoms with E-state index in [1.807, 2.05) is 0 Å². The van der Waals surface area contributed by atoms with Crippen LogP contribution in [0.3, 0.4) is 0 Å². The van der Waals surface area contributed by atoms with E-state index < -0.39 is 4.92 Å². The lowest BCUT2D eigenvalue weighted by Gasteiger charge is -1.83. The van der Waals surface area contributed by atoms with Crippen molar-refractivity contribution in [1.82, 2.24) is 0 Å². The summed E-state index contributed by atoms with van der Waals surface area (Å²) in [4.78, 5) is 13.2. The van der Waals surface area contributed by atoms with Crippen LogP contribution in [0.4, 0.5) is 0 Å². The molecule has 0 amide bonds. The number of hydrogen-bond acceptors (Lipinski definition) is 4. The van der Waals surface area contributed by atoms with E-state index in [2.05, 4.69) is 4.99 Å². The lowest BCUT2D eigenvalue weighted by Crippen LogP contribution is -1.99. The maximum Gasteiger partial charge on any atom is 0.269 e. The number of nitro groups is 1. The molecule has 5 heteroatoms. The number of aliphatic hydroxyl groups is 1. The Bertz CT molecular complexity index is 219. The Morgan fingerprint density at radius 3 is 2.90 bits per heavy atom. The fourth-order valence-electron chi connectivity index (χ4n) is 0.672. The van der Waals surface area contributed by atoms with E-state index in [1.165, 1.54) is 6.08 Å². The molecule has 0 spiro atoms. The third-order valence-electron chi connectivity index (χ3n) is 1.17. The van der Waals surface area contributed by atoms with Gasteiger partial charge in [-0.25, -0.2) is 0 Å². The van der Waals surface area contributed by atoms with Gasteiger partial charge in [0.2, 0.25) is 0 Å². The highest BCUT2D eigenvalue weighted by Gasteiger charge is 2.16. The normalized spacial score (nSPS) is 16.5. The van der Waals surface area contributed by atoms with Crippen LogP contribution in [0, 0.1) is 10.1 Å². The monoisotopic (exact) mass is 142 g/mol. The maximum absolute atomic E-state index is 10.0. The van der Waals surface area contributed by atoms with E-state index >= 15 is 0 Å². The van der Waals surface area contributed by atoms with Crippen LogP contribution >= 0.6 is 0 Å².